The molecule has 0 aromatic rings. The first-order chi connectivity index (χ1) is 37.1. The van der Waals surface area contributed by atoms with Crippen LogP contribution in [0.1, 0.15) is 107 Å². The summed E-state index contributed by atoms with van der Waals surface area (Å²) in [4.78, 5) is 80.4. The number of hydrogen-bond donors (Lipinski definition) is 10. The number of unbranched alkanes of at least 4 members (excludes halogenated alkanes) is 2. The van der Waals surface area contributed by atoms with Gasteiger partial charge in [0, 0.05) is 27.1 Å². The summed E-state index contributed by atoms with van der Waals surface area (Å²) in [5.74, 6) is -7.34. The van der Waals surface area contributed by atoms with E-state index in [1.807, 2.05) is 13.8 Å². The third kappa shape index (κ3) is 24.8. The molecular weight excluding hydrogens is 1120 g/mol. The summed E-state index contributed by atoms with van der Waals surface area (Å²) >= 11 is 0. The molecule has 4 heterocycles. The van der Waals surface area contributed by atoms with Gasteiger partial charge in [-0.15, -0.1) is 6.58 Å². The van der Waals surface area contributed by atoms with Gasteiger partial charge in [-0.3, -0.25) is 24.0 Å². The van der Waals surface area contributed by atoms with Crippen molar-refractivity contribution in [3.8, 4) is 0 Å². The summed E-state index contributed by atoms with van der Waals surface area (Å²) in [6.45, 7) is 17.4. The molecular formula is C52H89NNa2O27+2. The topological polar surface area (TPSA) is 437 Å². The van der Waals surface area contributed by atoms with Crippen molar-refractivity contribution in [3.63, 3.8) is 0 Å². The van der Waals surface area contributed by atoms with Crippen molar-refractivity contribution < 1.29 is 191 Å². The number of hydrogen-bond acceptors (Lipinski definition) is 23. The quantitative estimate of drug-likeness (QED) is 0.0114. The van der Waals surface area contributed by atoms with Gasteiger partial charge < -0.3 is 104 Å². The number of aliphatic hydroxyl groups is 6. The van der Waals surface area contributed by atoms with Crippen molar-refractivity contribution in [1.82, 2.24) is 5.32 Å². The third-order valence-electron chi connectivity index (χ3n) is 14.2. The molecule has 22 unspecified atom stereocenters. The number of ether oxygens (including phenoxy) is 10. The predicted molar refractivity (Wildman–Crippen MR) is 275 cm³/mol. The summed E-state index contributed by atoms with van der Waals surface area (Å²) in [7, 11) is 2.34. The van der Waals surface area contributed by atoms with Crippen LogP contribution < -0.4 is 64.4 Å². The number of carboxylic acids is 3. The fourth-order valence-corrected chi connectivity index (χ4v) is 9.34. The zero-order valence-electron chi connectivity index (χ0n) is 49.2. The van der Waals surface area contributed by atoms with Crippen LogP contribution in [0, 0.1) is 29.6 Å². The molecule has 4 aliphatic rings. The summed E-state index contributed by atoms with van der Waals surface area (Å²) < 4.78 is 52.5. The number of esters is 3. The Morgan fingerprint density at radius 1 is 0.768 bits per heavy atom. The maximum Gasteiger partial charge on any atom is 1.00 e. The maximum absolute atomic E-state index is 12.2. The molecule has 4 fully saturated rings. The van der Waals surface area contributed by atoms with E-state index < -0.39 is 146 Å². The van der Waals surface area contributed by atoms with E-state index >= 15 is 0 Å². The fourth-order valence-electron chi connectivity index (χ4n) is 9.34. The molecule has 22 atom stereocenters. The first kappa shape index (κ1) is 81.7. The van der Waals surface area contributed by atoms with Crippen molar-refractivity contribution in [2.75, 3.05) is 34.0 Å². The van der Waals surface area contributed by atoms with Crippen LogP contribution in [0.25, 0.3) is 0 Å². The average molecular weight is 1210 g/mol. The Hall–Kier alpha value is -2.37. The van der Waals surface area contributed by atoms with E-state index in [2.05, 4.69) is 23.6 Å². The molecule has 0 radical (unpaired) electrons. The fraction of sp³-hybridized carbons (Fsp3) is 0.827. The Bertz CT molecular complexity index is 1940. The molecule has 4 rings (SSSR count). The van der Waals surface area contributed by atoms with Gasteiger partial charge in [0.15, 0.2) is 24.8 Å². The Labute approximate surface area is 522 Å². The van der Waals surface area contributed by atoms with Crippen molar-refractivity contribution in [2.45, 2.75) is 211 Å². The van der Waals surface area contributed by atoms with Gasteiger partial charge in [0.1, 0.15) is 54.9 Å². The minimum absolute atomic E-state index is 0. The van der Waals surface area contributed by atoms with E-state index in [0.717, 1.165) is 32.1 Å². The van der Waals surface area contributed by atoms with E-state index in [9.17, 15) is 79.5 Å². The van der Waals surface area contributed by atoms with Gasteiger partial charge in [0.2, 0.25) is 5.91 Å². The van der Waals surface area contributed by atoms with Crippen molar-refractivity contribution in [2.24, 2.45) is 29.6 Å². The molecule has 0 bridgehead atoms. The van der Waals surface area contributed by atoms with Gasteiger partial charge in [0.05, 0.1) is 68.9 Å². The number of cyclic esters (lactones) is 2. The predicted octanol–water partition coefficient (Wildman–Crippen LogP) is -6.75. The maximum atomic E-state index is 12.2. The summed E-state index contributed by atoms with van der Waals surface area (Å²) in [6.07, 6.45) is -14.6. The number of carbonyl (C=O) groups excluding carboxylic acids is 4. The zero-order chi connectivity index (χ0) is 60.0. The second-order valence-corrected chi connectivity index (χ2v) is 20.4. The molecule has 0 saturated carbocycles. The van der Waals surface area contributed by atoms with Crippen LogP contribution in [-0.2, 0) is 80.9 Å². The number of amides is 1. The Kier molecular flexibility index (Phi) is 40.8. The number of aliphatic carboxylic acids is 3. The summed E-state index contributed by atoms with van der Waals surface area (Å²) in [5, 5.41) is 93.3. The molecule has 30 heteroatoms. The number of carboxylic acid groups (broad SMARTS) is 3. The molecule has 82 heavy (non-hydrogen) atoms. The summed E-state index contributed by atoms with van der Waals surface area (Å²) in [5.41, 5.74) is 0. The van der Waals surface area contributed by atoms with E-state index in [0.29, 0.717) is 6.42 Å². The minimum Gasteiger partial charge on any atom is -0.481 e. The van der Waals surface area contributed by atoms with Crippen LogP contribution in [0.5, 0.6) is 0 Å². The van der Waals surface area contributed by atoms with Crippen molar-refractivity contribution >= 4 is 41.7 Å². The van der Waals surface area contributed by atoms with E-state index in [4.69, 9.17) is 42.6 Å². The molecule has 4 aliphatic heterocycles. The van der Waals surface area contributed by atoms with Crippen LogP contribution >= 0.6 is 0 Å². The largest absolute Gasteiger partial charge is 1.00 e. The van der Waals surface area contributed by atoms with Crippen LogP contribution in [0.3, 0.4) is 0 Å². The van der Waals surface area contributed by atoms with Crippen LogP contribution in [0.4, 0.5) is 0 Å². The van der Waals surface area contributed by atoms with Gasteiger partial charge in [-0.1, -0.05) is 66.4 Å². The molecule has 0 aliphatic carbocycles. The standard InChI is InChI=1S/C23H40O12.C19H31NO11.C10H16O3.2Na.H2O/c1-6-7-8-11(2)14(21(28)29)9-15(24)33-10-12(3)16(25)13(4)34-23-18(27)17(26)19(32-5)20(35-23)22(30)31;1-5-6-28-7-10-12(22)15(11(8(2)29-10)20-9(3)21)30-19-14(24)13(23)16(27-4)17(31-19)18(25)26;1-3-4-5-7(2)8-6-9(11)13-10(8)12;;;/h11-14,16-20,23,25-27H,6-10H2,1-5H3,(H,28,29)(H,30,31);5,8,10-17,19,22-24H,1,6-7H2,2-4H3,(H,20,21)(H,25,26);7-8H,3-6H2,1-2H3;;;1H2/q;;;2*+1;. The molecule has 464 valence electrons. The number of nitrogens with one attached hydrogen (secondary N) is 1. The Morgan fingerprint density at radius 2 is 1.29 bits per heavy atom. The third-order valence-corrected chi connectivity index (χ3v) is 14.2. The van der Waals surface area contributed by atoms with Gasteiger partial charge in [-0.25, -0.2) is 9.59 Å². The van der Waals surface area contributed by atoms with Crippen LogP contribution in [0.15, 0.2) is 12.7 Å². The van der Waals surface area contributed by atoms with Gasteiger partial charge >= 0.3 is 94.9 Å². The summed E-state index contributed by atoms with van der Waals surface area (Å²) in [6, 6.07) is -0.862. The zero-order valence-corrected chi connectivity index (χ0v) is 53.2. The first-order valence-electron chi connectivity index (χ1n) is 26.6. The minimum atomic E-state index is -1.68. The average Bonchev–Trinajstić information content (AvgIpc) is 3.75. The Morgan fingerprint density at radius 3 is 1.76 bits per heavy atom. The first-order valence-corrected chi connectivity index (χ1v) is 26.6. The van der Waals surface area contributed by atoms with Gasteiger partial charge in [-0.2, -0.15) is 0 Å². The second-order valence-electron chi connectivity index (χ2n) is 20.4. The Balaban J connectivity index is 0. The smallest absolute Gasteiger partial charge is 0.481 e. The number of aliphatic hydroxyl groups excluding tert-OH is 6. The van der Waals surface area contributed by atoms with E-state index in [1.165, 1.54) is 34.1 Å². The SMILES string of the molecule is C=CCOCC1OC(C)C(NC(C)=O)C(OC2OC(C(=O)O)C(OC)C(O)C2O)C1O.CCCCC(C)C(CC(=O)OCC(C)C(O)C(C)OC1OC(C(=O)O)C(OC)C(O)C1O)C(=O)O.CCCCC(C)C1CC(=O)OC1=O.O.[Na+].[Na+]. The second kappa shape index (κ2) is 40.9. The molecule has 12 N–H and O–H groups in total. The van der Waals surface area contributed by atoms with Crippen molar-refractivity contribution in [1.29, 1.82) is 0 Å². The number of rotatable bonds is 28. The van der Waals surface area contributed by atoms with Crippen LogP contribution in [-0.4, -0.2) is 231 Å². The van der Waals surface area contributed by atoms with Gasteiger partial charge in [-0.05, 0) is 38.5 Å². The van der Waals surface area contributed by atoms with E-state index in [-0.39, 0.29) is 127 Å². The number of methoxy groups -OCH3 is 2. The molecule has 0 aromatic carbocycles. The van der Waals surface area contributed by atoms with Crippen LogP contribution in [0.2, 0.25) is 0 Å². The molecule has 4 saturated heterocycles. The number of carbonyl (C=O) groups is 7. The van der Waals surface area contributed by atoms with Gasteiger partial charge in [0.25, 0.3) is 0 Å². The molecule has 0 spiro atoms. The van der Waals surface area contributed by atoms with E-state index in [1.54, 1.807) is 20.8 Å². The molecule has 1 amide bonds. The normalized spacial score (nSPS) is 31.7. The van der Waals surface area contributed by atoms with Crippen molar-refractivity contribution in [3.05, 3.63) is 12.7 Å². The monoisotopic (exact) mass is 1210 g/mol. The molecule has 28 nitrogen and oxygen atoms in total. The molecule has 0 aromatic heterocycles.